The van der Waals surface area contributed by atoms with E-state index in [-0.39, 0.29) is 5.56 Å². The molecule has 0 amide bonds. The van der Waals surface area contributed by atoms with Crippen molar-refractivity contribution < 1.29 is 9.90 Å². The van der Waals surface area contributed by atoms with Gasteiger partial charge in [0.05, 0.1) is 35.4 Å². The number of rotatable bonds is 3. The van der Waals surface area contributed by atoms with Gasteiger partial charge in [-0.05, 0) is 38.6 Å². The molecule has 1 aromatic heterocycles. The molecule has 0 aliphatic carbocycles. The number of likely N-dealkylation sites (tertiary alicyclic amines) is 1. The number of benzene rings is 1. The molecular formula is C16H17N3O2. The first-order valence-electron chi connectivity index (χ1n) is 7.01. The van der Waals surface area contributed by atoms with Crippen LogP contribution in [0.25, 0.3) is 11.3 Å². The Hall–Kier alpha value is -2.27. The molecule has 0 spiro atoms. The van der Waals surface area contributed by atoms with Gasteiger partial charge in [0, 0.05) is 5.56 Å². The minimum Gasteiger partial charge on any atom is -0.478 e. The molecule has 1 unspecified atom stereocenters. The summed E-state index contributed by atoms with van der Waals surface area (Å²) in [6.45, 7) is 1.07. The fraction of sp³-hybridized carbons (Fsp3) is 0.312. The summed E-state index contributed by atoms with van der Waals surface area (Å²) >= 11 is 0. The van der Waals surface area contributed by atoms with Crippen molar-refractivity contribution in [1.29, 1.82) is 0 Å². The maximum atomic E-state index is 11.1. The molecule has 1 saturated heterocycles. The molecule has 21 heavy (non-hydrogen) atoms. The van der Waals surface area contributed by atoms with Crippen molar-refractivity contribution in [3.63, 3.8) is 0 Å². The molecule has 1 fully saturated rings. The summed E-state index contributed by atoms with van der Waals surface area (Å²) in [5.74, 6) is -0.934. The lowest BCUT2D eigenvalue weighted by Gasteiger charge is -2.18. The van der Waals surface area contributed by atoms with Gasteiger partial charge in [-0.15, -0.1) is 0 Å². The van der Waals surface area contributed by atoms with Crippen LogP contribution in [0.3, 0.4) is 0 Å². The van der Waals surface area contributed by atoms with Gasteiger partial charge in [-0.2, -0.15) is 0 Å². The standard InChI is InChI=1S/C16H17N3O2/c1-19-7-3-6-15(19)14-10-17-9-13(18-14)11-4-2-5-12(8-11)16(20)21/h2,4-5,8-10,15H,3,6-7H2,1H3,(H,20,21). The predicted molar refractivity (Wildman–Crippen MR) is 79.0 cm³/mol. The third kappa shape index (κ3) is 2.78. The van der Waals surface area contributed by atoms with Gasteiger partial charge >= 0.3 is 5.97 Å². The first-order valence-corrected chi connectivity index (χ1v) is 7.01. The normalized spacial score (nSPS) is 18.8. The molecule has 5 heteroatoms. The molecule has 0 radical (unpaired) electrons. The Morgan fingerprint density at radius 3 is 2.95 bits per heavy atom. The smallest absolute Gasteiger partial charge is 0.335 e. The van der Waals surface area contributed by atoms with E-state index in [4.69, 9.17) is 5.11 Å². The van der Waals surface area contributed by atoms with E-state index in [1.165, 1.54) is 6.42 Å². The van der Waals surface area contributed by atoms with Crippen molar-refractivity contribution in [2.24, 2.45) is 0 Å². The lowest BCUT2D eigenvalue weighted by Crippen LogP contribution is -2.18. The van der Waals surface area contributed by atoms with Crippen LogP contribution >= 0.6 is 0 Å². The summed E-state index contributed by atoms with van der Waals surface area (Å²) in [5.41, 5.74) is 2.71. The summed E-state index contributed by atoms with van der Waals surface area (Å²) in [4.78, 5) is 22.3. The summed E-state index contributed by atoms with van der Waals surface area (Å²) < 4.78 is 0. The van der Waals surface area contributed by atoms with Gasteiger partial charge in [0.1, 0.15) is 0 Å². The number of nitrogens with zero attached hydrogens (tertiary/aromatic N) is 3. The van der Waals surface area contributed by atoms with Gasteiger partial charge in [-0.1, -0.05) is 12.1 Å². The molecule has 0 bridgehead atoms. The van der Waals surface area contributed by atoms with Gasteiger partial charge in [-0.25, -0.2) is 9.78 Å². The van der Waals surface area contributed by atoms with E-state index in [2.05, 4.69) is 21.9 Å². The molecule has 1 aliphatic rings. The molecule has 3 rings (SSSR count). The average molecular weight is 283 g/mol. The topological polar surface area (TPSA) is 66.3 Å². The summed E-state index contributed by atoms with van der Waals surface area (Å²) in [5, 5.41) is 9.08. The summed E-state index contributed by atoms with van der Waals surface area (Å²) in [6.07, 6.45) is 5.74. The summed E-state index contributed by atoms with van der Waals surface area (Å²) in [6, 6.07) is 7.11. The van der Waals surface area contributed by atoms with Crippen molar-refractivity contribution in [1.82, 2.24) is 14.9 Å². The number of hydrogen-bond donors (Lipinski definition) is 1. The van der Waals surface area contributed by atoms with E-state index in [1.807, 2.05) is 6.07 Å². The van der Waals surface area contributed by atoms with Crippen LogP contribution in [0.5, 0.6) is 0 Å². The van der Waals surface area contributed by atoms with Crippen LogP contribution in [0.4, 0.5) is 0 Å². The largest absolute Gasteiger partial charge is 0.478 e. The number of carbonyl (C=O) groups is 1. The second-order valence-electron chi connectivity index (χ2n) is 5.35. The highest BCUT2D eigenvalue weighted by Gasteiger charge is 2.24. The fourth-order valence-electron chi connectivity index (χ4n) is 2.78. The molecule has 108 valence electrons. The maximum absolute atomic E-state index is 11.1. The molecule has 2 heterocycles. The first kappa shape index (κ1) is 13.7. The Kier molecular flexibility index (Phi) is 3.66. The minimum absolute atomic E-state index is 0.262. The Bertz CT molecular complexity index is 672. The van der Waals surface area contributed by atoms with E-state index in [0.717, 1.165) is 29.9 Å². The maximum Gasteiger partial charge on any atom is 0.335 e. The van der Waals surface area contributed by atoms with Crippen LogP contribution in [0.1, 0.15) is 34.9 Å². The lowest BCUT2D eigenvalue weighted by atomic mass is 10.1. The Labute approximate surface area is 123 Å². The van der Waals surface area contributed by atoms with Crippen LogP contribution in [-0.2, 0) is 0 Å². The van der Waals surface area contributed by atoms with Crippen molar-refractivity contribution in [2.45, 2.75) is 18.9 Å². The van der Waals surface area contributed by atoms with Crippen molar-refractivity contribution in [2.75, 3.05) is 13.6 Å². The number of carboxylic acids is 1. The molecule has 1 N–H and O–H groups in total. The number of carboxylic acid groups (broad SMARTS) is 1. The number of hydrogen-bond acceptors (Lipinski definition) is 4. The van der Waals surface area contributed by atoms with Crippen molar-refractivity contribution in [3.05, 3.63) is 47.9 Å². The Morgan fingerprint density at radius 1 is 1.38 bits per heavy atom. The average Bonchev–Trinajstić information content (AvgIpc) is 2.94. The first-order chi connectivity index (χ1) is 10.1. The monoisotopic (exact) mass is 283 g/mol. The van der Waals surface area contributed by atoms with Gasteiger partial charge in [0.15, 0.2) is 0 Å². The third-order valence-corrected chi connectivity index (χ3v) is 3.92. The van der Waals surface area contributed by atoms with E-state index < -0.39 is 5.97 Å². The number of aromatic carboxylic acids is 1. The van der Waals surface area contributed by atoms with E-state index >= 15 is 0 Å². The zero-order chi connectivity index (χ0) is 14.8. The SMILES string of the molecule is CN1CCCC1c1cncc(-c2cccc(C(=O)O)c2)n1. The van der Waals surface area contributed by atoms with Crippen LogP contribution in [0.15, 0.2) is 36.7 Å². The van der Waals surface area contributed by atoms with Crippen LogP contribution in [0, 0.1) is 0 Å². The molecule has 1 aliphatic heterocycles. The van der Waals surface area contributed by atoms with E-state index in [0.29, 0.717) is 6.04 Å². The predicted octanol–water partition coefficient (Wildman–Crippen LogP) is 2.61. The fourth-order valence-corrected chi connectivity index (χ4v) is 2.78. The Morgan fingerprint density at radius 2 is 2.24 bits per heavy atom. The molecule has 5 nitrogen and oxygen atoms in total. The van der Waals surface area contributed by atoms with Gasteiger partial charge in [0.25, 0.3) is 0 Å². The molecule has 1 atom stereocenters. The highest BCUT2D eigenvalue weighted by Crippen LogP contribution is 2.29. The van der Waals surface area contributed by atoms with E-state index in [9.17, 15) is 4.79 Å². The molecular weight excluding hydrogens is 266 g/mol. The molecule has 2 aromatic rings. The van der Waals surface area contributed by atoms with Gasteiger partial charge in [-0.3, -0.25) is 9.88 Å². The van der Waals surface area contributed by atoms with Crippen molar-refractivity contribution in [3.8, 4) is 11.3 Å². The van der Waals surface area contributed by atoms with Crippen LogP contribution in [0.2, 0.25) is 0 Å². The van der Waals surface area contributed by atoms with Gasteiger partial charge in [0.2, 0.25) is 0 Å². The van der Waals surface area contributed by atoms with Gasteiger partial charge < -0.3 is 5.11 Å². The lowest BCUT2D eigenvalue weighted by molar-refractivity contribution is 0.0697. The second-order valence-corrected chi connectivity index (χ2v) is 5.35. The molecule has 1 aromatic carbocycles. The minimum atomic E-state index is -0.934. The third-order valence-electron chi connectivity index (χ3n) is 3.92. The number of aromatic nitrogens is 2. The zero-order valence-electron chi connectivity index (χ0n) is 11.9. The highest BCUT2D eigenvalue weighted by molar-refractivity contribution is 5.89. The summed E-state index contributed by atoms with van der Waals surface area (Å²) in [7, 11) is 2.09. The second kappa shape index (κ2) is 5.61. The van der Waals surface area contributed by atoms with Crippen LogP contribution < -0.4 is 0 Å². The van der Waals surface area contributed by atoms with Crippen molar-refractivity contribution >= 4 is 5.97 Å². The van der Waals surface area contributed by atoms with E-state index in [1.54, 1.807) is 30.6 Å². The Balaban J connectivity index is 1.96. The van der Waals surface area contributed by atoms with Crippen LogP contribution in [-0.4, -0.2) is 39.5 Å². The molecule has 0 saturated carbocycles. The highest BCUT2D eigenvalue weighted by atomic mass is 16.4. The quantitative estimate of drug-likeness (QED) is 0.938. The zero-order valence-corrected chi connectivity index (χ0v) is 11.9.